The standard InChI is InChI=1S/C7H17N2O5P/c8-3-1-2-6(7(10)11)9-4-5-15(12,13)14/h6,9H,1-5,8H2,(H,10,11)(H2,12,13,14)/t6-/m1/s1. The van der Waals surface area contributed by atoms with E-state index in [1.165, 1.54) is 0 Å². The largest absolute Gasteiger partial charge is 0.480 e. The van der Waals surface area contributed by atoms with Crippen molar-refractivity contribution in [2.24, 2.45) is 5.73 Å². The smallest absolute Gasteiger partial charge is 0.326 e. The Labute approximate surface area is 87.8 Å². The molecule has 7 nitrogen and oxygen atoms in total. The van der Waals surface area contributed by atoms with E-state index in [0.29, 0.717) is 19.4 Å². The van der Waals surface area contributed by atoms with Crippen LogP contribution in [-0.4, -0.2) is 46.2 Å². The van der Waals surface area contributed by atoms with Crippen molar-refractivity contribution in [3.8, 4) is 0 Å². The molecule has 0 amide bonds. The molecule has 0 aliphatic rings. The van der Waals surface area contributed by atoms with Crippen LogP contribution >= 0.6 is 7.60 Å². The second-order valence-electron chi connectivity index (χ2n) is 3.16. The third kappa shape index (κ3) is 8.53. The van der Waals surface area contributed by atoms with Crippen molar-refractivity contribution in [1.29, 1.82) is 0 Å². The normalized spacial score (nSPS) is 13.8. The van der Waals surface area contributed by atoms with Gasteiger partial charge in [0.15, 0.2) is 0 Å². The minimum Gasteiger partial charge on any atom is -0.480 e. The number of carboxylic acid groups (broad SMARTS) is 1. The number of hydrogen-bond acceptors (Lipinski definition) is 4. The number of nitrogens with one attached hydrogen (secondary N) is 1. The summed E-state index contributed by atoms with van der Waals surface area (Å²) in [6.45, 7) is 0.371. The van der Waals surface area contributed by atoms with Gasteiger partial charge in [-0.2, -0.15) is 0 Å². The van der Waals surface area contributed by atoms with Gasteiger partial charge < -0.3 is 25.9 Å². The number of carbonyl (C=O) groups is 1. The molecule has 0 aliphatic carbocycles. The molecule has 0 radical (unpaired) electrons. The molecule has 0 aromatic rings. The Morgan fingerprint density at radius 2 is 2.07 bits per heavy atom. The van der Waals surface area contributed by atoms with Gasteiger partial charge in [-0.05, 0) is 19.4 Å². The van der Waals surface area contributed by atoms with Crippen LogP contribution in [0.4, 0.5) is 0 Å². The number of nitrogens with two attached hydrogens (primary N) is 1. The zero-order valence-corrected chi connectivity index (χ0v) is 9.19. The topological polar surface area (TPSA) is 133 Å². The zero-order chi connectivity index (χ0) is 11.9. The van der Waals surface area contributed by atoms with E-state index < -0.39 is 19.6 Å². The molecular weight excluding hydrogens is 223 g/mol. The molecule has 0 rings (SSSR count). The maximum atomic E-state index is 10.7. The van der Waals surface area contributed by atoms with E-state index in [9.17, 15) is 9.36 Å². The molecule has 0 spiro atoms. The minimum absolute atomic E-state index is 0.0220. The van der Waals surface area contributed by atoms with Gasteiger partial charge in [-0.1, -0.05) is 0 Å². The van der Waals surface area contributed by atoms with Crippen LogP contribution in [0.25, 0.3) is 0 Å². The summed E-state index contributed by atoms with van der Waals surface area (Å²) >= 11 is 0. The van der Waals surface area contributed by atoms with Crippen molar-refractivity contribution in [3.63, 3.8) is 0 Å². The van der Waals surface area contributed by atoms with Crippen molar-refractivity contribution in [2.45, 2.75) is 18.9 Å². The molecular formula is C7H17N2O5P. The van der Waals surface area contributed by atoms with Crippen LogP contribution in [0, 0.1) is 0 Å². The number of aliphatic carboxylic acids is 1. The molecule has 0 aromatic carbocycles. The Morgan fingerprint density at radius 3 is 2.47 bits per heavy atom. The van der Waals surface area contributed by atoms with Crippen LogP contribution in [0.1, 0.15) is 12.8 Å². The minimum atomic E-state index is -4.06. The van der Waals surface area contributed by atoms with Gasteiger partial charge >= 0.3 is 13.6 Å². The number of rotatable bonds is 8. The quantitative estimate of drug-likeness (QED) is 0.342. The summed E-state index contributed by atoms with van der Waals surface area (Å²) in [5.74, 6) is -1.03. The monoisotopic (exact) mass is 240 g/mol. The van der Waals surface area contributed by atoms with Gasteiger partial charge in [0, 0.05) is 6.54 Å². The molecule has 6 N–H and O–H groups in total. The fraction of sp³-hybridized carbons (Fsp3) is 0.857. The molecule has 0 unspecified atom stereocenters. The van der Waals surface area contributed by atoms with Gasteiger partial charge in [-0.3, -0.25) is 9.36 Å². The summed E-state index contributed by atoms with van der Waals surface area (Å²) in [7, 11) is -4.06. The molecule has 0 fully saturated rings. The van der Waals surface area contributed by atoms with Crippen molar-refractivity contribution < 1.29 is 24.3 Å². The first-order valence-corrected chi connectivity index (χ1v) is 6.37. The first-order valence-electron chi connectivity index (χ1n) is 4.57. The van der Waals surface area contributed by atoms with Gasteiger partial charge in [-0.15, -0.1) is 0 Å². The van der Waals surface area contributed by atoms with Crippen molar-refractivity contribution in [2.75, 3.05) is 19.3 Å². The summed E-state index contributed by atoms with van der Waals surface area (Å²) < 4.78 is 10.5. The zero-order valence-electron chi connectivity index (χ0n) is 8.30. The van der Waals surface area contributed by atoms with Gasteiger partial charge in [0.2, 0.25) is 0 Å². The Hall–Kier alpha value is -0.460. The van der Waals surface area contributed by atoms with Gasteiger partial charge in [0.25, 0.3) is 0 Å². The Morgan fingerprint density at radius 1 is 1.47 bits per heavy atom. The highest BCUT2D eigenvalue weighted by Crippen LogP contribution is 2.32. The maximum Gasteiger partial charge on any atom is 0.326 e. The highest BCUT2D eigenvalue weighted by Gasteiger charge is 2.18. The van der Waals surface area contributed by atoms with E-state index in [2.05, 4.69) is 5.32 Å². The first-order chi connectivity index (χ1) is 6.87. The second-order valence-corrected chi connectivity index (χ2v) is 4.94. The van der Waals surface area contributed by atoms with Gasteiger partial charge in [0.05, 0.1) is 6.16 Å². The second kappa shape index (κ2) is 6.92. The highest BCUT2D eigenvalue weighted by molar-refractivity contribution is 7.51. The summed E-state index contributed by atoms with van der Waals surface area (Å²) in [6.07, 6.45) is 0.548. The predicted octanol–water partition coefficient (Wildman–Crippen LogP) is -1.05. The molecule has 0 bridgehead atoms. The average Bonchev–Trinajstić information content (AvgIpc) is 2.08. The van der Waals surface area contributed by atoms with E-state index in [1.54, 1.807) is 0 Å². The van der Waals surface area contributed by atoms with E-state index in [4.69, 9.17) is 20.6 Å². The third-order valence-electron chi connectivity index (χ3n) is 1.79. The highest BCUT2D eigenvalue weighted by atomic mass is 31.2. The lowest BCUT2D eigenvalue weighted by Gasteiger charge is -2.13. The van der Waals surface area contributed by atoms with Crippen LogP contribution in [0.5, 0.6) is 0 Å². The van der Waals surface area contributed by atoms with Crippen molar-refractivity contribution in [3.05, 3.63) is 0 Å². The fourth-order valence-corrected chi connectivity index (χ4v) is 1.44. The molecule has 0 saturated heterocycles. The van der Waals surface area contributed by atoms with Gasteiger partial charge in [-0.25, -0.2) is 0 Å². The Bertz CT molecular complexity index is 242. The van der Waals surface area contributed by atoms with Crippen LogP contribution in [0.2, 0.25) is 0 Å². The Kier molecular flexibility index (Phi) is 6.71. The summed E-state index contributed by atoms with van der Waals surface area (Å²) in [6, 6.07) is -0.792. The predicted molar refractivity (Wildman–Crippen MR) is 54.6 cm³/mol. The lowest BCUT2D eigenvalue weighted by atomic mass is 10.1. The van der Waals surface area contributed by atoms with Crippen LogP contribution in [-0.2, 0) is 9.36 Å². The first kappa shape index (κ1) is 14.5. The summed E-state index contributed by atoms with van der Waals surface area (Å²) in [5, 5.41) is 11.3. The number of hydrogen-bond donors (Lipinski definition) is 5. The molecule has 90 valence electrons. The van der Waals surface area contributed by atoms with E-state index >= 15 is 0 Å². The fourth-order valence-electron chi connectivity index (χ4n) is 1.02. The van der Waals surface area contributed by atoms with E-state index in [-0.39, 0.29) is 12.7 Å². The third-order valence-corrected chi connectivity index (χ3v) is 2.60. The van der Waals surface area contributed by atoms with E-state index in [1.807, 2.05) is 0 Å². The SMILES string of the molecule is NCCC[C@@H](NCCP(=O)(O)O)C(=O)O. The molecule has 8 heteroatoms. The molecule has 0 aromatic heterocycles. The average molecular weight is 240 g/mol. The number of carboxylic acids is 1. The van der Waals surface area contributed by atoms with Crippen LogP contribution < -0.4 is 11.1 Å². The molecule has 0 saturated carbocycles. The van der Waals surface area contributed by atoms with Crippen LogP contribution in [0.15, 0.2) is 0 Å². The van der Waals surface area contributed by atoms with Gasteiger partial charge in [0.1, 0.15) is 6.04 Å². The molecule has 0 aliphatic heterocycles. The molecule has 1 atom stereocenters. The lowest BCUT2D eigenvalue weighted by molar-refractivity contribution is -0.139. The van der Waals surface area contributed by atoms with Crippen molar-refractivity contribution >= 4 is 13.6 Å². The Balaban J connectivity index is 3.86. The van der Waals surface area contributed by atoms with Crippen LogP contribution in [0.3, 0.4) is 0 Å². The summed E-state index contributed by atoms with van der Waals surface area (Å²) in [5.41, 5.74) is 5.23. The maximum absolute atomic E-state index is 10.7. The van der Waals surface area contributed by atoms with Crippen molar-refractivity contribution in [1.82, 2.24) is 5.32 Å². The molecule has 15 heavy (non-hydrogen) atoms. The summed E-state index contributed by atoms with van der Waals surface area (Å²) in [4.78, 5) is 27.8. The lowest BCUT2D eigenvalue weighted by Crippen LogP contribution is -2.38. The van der Waals surface area contributed by atoms with E-state index in [0.717, 1.165) is 0 Å². The molecule has 0 heterocycles.